The fourth-order valence-corrected chi connectivity index (χ4v) is 0.420. The van der Waals surface area contributed by atoms with Crippen molar-refractivity contribution in [3.05, 3.63) is 37.0 Å². The molecule has 60 valence electrons. The van der Waals surface area contributed by atoms with Gasteiger partial charge in [-0.3, -0.25) is 4.99 Å². The molecule has 0 unspecified atom stereocenters. The summed E-state index contributed by atoms with van der Waals surface area (Å²) in [6.45, 7) is 15.7. The maximum Gasteiger partial charge on any atom is 0.0639 e. The van der Waals surface area contributed by atoms with Crippen LogP contribution >= 0.6 is 0 Å². The first kappa shape index (κ1) is 9.89. The Balaban J connectivity index is 3.98. The summed E-state index contributed by atoms with van der Waals surface area (Å²) < 4.78 is 0. The van der Waals surface area contributed by atoms with Crippen LogP contribution in [-0.4, -0.2) is 12.3 Å². The maximum absolute atomic E-state index is 4.20. The van der Waals surface area contributed by atoms with Crippen LogP contribution < -0.4 is 0 Å². The van der Waals surface area contributed by atoms with Gasteiger partial charge in [0.2, 0.25) is 0 Å². The van der Waals surface area contributed by atoms with Crippen LogP contribution in [0.25, 0.3) is 0 Å². The van der Waals surface area contributed by atoms with Gasteiger partial charge in [-0.05, 0) is 25.5 Å². The standard InChI is InChI=1S/C10H15N/c1-6-10(5)11-7-9(4)8(2)3/h6H,1-2,4,7H2,3,5H3. The van der Waals surface area contributed by atoms with E-state index in [2.05, 4.69) is 24.7 Å². The number of allylic oxidation sites excluding steroid dienone is 1. The van der Waals surface area contributed by atoms with Crippen molar-refractivity contribution in [3.8, 4) is 0 Å². The van der Waals surface area contributed by atoms with Crippen LogP contribution in [-0.2, 0) is 0 Å². The smallest absolute Gasteiger partial charge is 0.0639 e. The lowest BCUT2D eigenvalue weighted by Crippen LogP contribution is -1.91. The molecule has 0 aromatic rings. The van der Waals surface area contributed by atoms with Crippen molar-refractivity contribution >= 4 is 5.71 Å². The Labute approximate surface area is 68.9 Å². The summed E-state index contributed by atoms with van der Waals surface area (Å²) in [5.74, 6) is 0. The molecule has 0 spiro atoms. The highest BCUT2D eigenvalue weighted by Gasteiger charge is 1.91. The van der Waals surface area contributed by atoms with Gasteiger partial charge < -0.3 is 0 Å². The van der Waals surface area contributed by atoms with Gasteiger partial charge in [0.1, 0.15) is 0 Å². The monoisotopic (exact) mass is 149 g/mol. The third-order valence-corrected chi connectivity index (χ3v) is 1.42. The van der Waals surface area contributed by atoms with Gasteiger partial charge >= 0.3 is 0 Å². The normalized spacial score (nSPS) is 10.9. The van der Waals surface area contributed by atoms with E-state index >= 15 is 0 Å². The maximum atomic E-state index is 4.20. The highest BCUT2D eigenvalue weighted by atomic mass is 14.7. The van der Waals surface area contributed by atoms with Gasteiger partial charge in [-0.15, -0.1) is 0 Å². The zero-order chi connectivity index (χ0) is 8.85. The first-order chi connectivity index (χ1) is 5.07. The van der Waals surface area contributed by atoms with Gasteiger partial charge in [-0.1, -0.05) is 25.3 Å². The first-order valence-electron chi connectivity index (χ1n) is 3.55. The minimum atomic E-state index is 0.632. The molecule has 0 heterocycles. The van der Waals surface area contributed by atoms with E-state index in [0.29, 0.717) is 6.54 Å². The molecule has 0 N–H and O–H groups in total. The molecule has 0 radical (unpaired) electrons. The molecule has 0 atom stereocenters. The van der Waals surface area contributed by atoms with E-state index in [9.17, 15) is 0 Å². The van der Waals surface area contributed by atoms with Gasteiger partial charge in [0.15, 0.2) is 0 Å². The van der Waals surface area contributed by atoms with Crippen LogP contribution in [0.3, 0.4) is 0 Å². The van der Waals surface area contributed by atoms with Crippen molar-refractivity contribution in [2.45, 2.75) is 13.8 Å². The molecular formula is C10H15N. The molecule has 1 heteroatoms. The summed E-state index contributed by atoms with van der Waals surface area (Å²) in [4.78, 5) is 4.20. The second-order valence-corrected chi connectivity index (χ2v) is 2.55. The number of aliphatic imine (C=N–C) groups is 1. The second-order valence-electron chi connectivity index (χ2n) is 2.55. The molecule has 0 saturated carbocycles. The molecule has 11 heavy (non-hydrogen) atoms. The van der Waals surface area contributed by atoms with Crippen LogP contribution in [0.4, 0.5) is 0 Å². The van der Waals surface area contributed by atoms with Crippen molar-refractivity contribution in [2.75, 3.05) is 6.54 Å². The molecule has 0 bridgehead atoms. The van der Waals surface area contributed by atoms with E-state index in [1.165, 1.54) is 0 Å². The van der Waals surface area contributed by atoms with Gasteiger partial charge in [0.05, 0.1) is 6.54 Å². The second kappa shape index (κ2) is 4.67. The van der Waals surface area contributed by atoms with E-state index in [0.717, 1.165) is 16.9 Å². The summed E-state index contributed by atoms with van der Waals surface area (Å²) in [5, 5.41) is 0. The fraction of sp³-hybridized carbons (Fsp3) is 0.300. The number of rotatable bonds is 4. The highest BCUT2D eigenvalue weighted by Crippen LogP contribution is 2.03. The average Bonchev–Trinajstić information content (AvgIpc) is 1.99. The number of hydrogen-bond donors (Lipinski definition) is 0. The van der Waals surface area contributed by atoms with E-state index in [1.54, 1.807) is 6.08 Å². The van der Waals surface area contributed by atoms with Crippen LogP contribution in [0.1, 0.15) is 13.8 Å². The number of nitrogens with zero attached hydrogens (tertiary/aromatic N) is 1. The Morgan fingerprint density at radius 1 is 1.36 bits per heavy atom. The lowest BCUT2D eigenvalue weighted by molar-refractivity contribution is 1.15. The summed E-state index contributed by atoms with van der Waals surface area (Å²) in [6.07, 6.45) is 1.73. The molecule has 0 aliphatic heterocycles. The molecule has 0 fully saturated rings. The molecule has 0 saturated heterocycles. The van der Waals surface area contributed by atoms with E-state index in [1.807, 2.05) is 13.8 Å². The molecular weight excluding hydrogens is 134 g/mol. The zero-order valence-electron chi connectivity index (χ0n) is 7.35. The lowest BCUT2D eigenvalue weighted by atomic mass is 10.1. The zero-order valence-corrected chi connectivity index (χ0v) is 7.35. The minimum absolute atomic E-state index is 0.632. The molecule has 0 aromatic heterocycles. The van der Waals surface area contributed by atoms with E-state index in [-0.39, 0.29) is 0 Å². The average molecular weight is 149 g/mol. The van der Waals surface area contributed by atoms with Gasteiger partial charge in [-0.25, -0.2) is 0 Å². The Morgan fingerprint density at radius 3 is 2.27 bits per heavy atom. The Bertz CT molecular complexity index is 209. The van der Waals surface area contributed by atoms with Gasteiger partial charge in [0.25, 0.3) is 0 Å². The number of hydrogen-bond acceptors (Lipinski definition) is 1. The fourth-order valence-electron chi connectivity index (χ4n) is 0.420. The molecule has 0 aromatic carbocycles. The molecule has 0 aliphatic rings. The summed E-state index contributed by atoms with van der Waals surface area (Å²) in [6, 6.07) is 0. The third-order valence-electron chi connectivity index (χ3n) is 1.42. The van der Waals surface area contributed by atoms with Gasteiger partial charge in [-0.2, -0.15) is 0 Å². The first-order valence-corrected chi connectivity index (χ1v) is 3.55. The van der Waals surface area contributed by atoms with Crippen molar-refractivity contribution in [3.63, 3.8) is 0 Å². The summed E-state index contributed by atoms with van der Waals surface area (Å²) in [5.41, 5.74) is 2.91. The molecule has 0 amide bonds. The van der Waals surface area contributed by atoms with Crippen LogP contribution in [0.5, 0.6) is 0 Å². The van der Waals surface area contributed by atoms with Crippen molar-refractivity contribution in [1.29, 1.82) is 0 Å². The largest absolute Gasteiger partial charge is 0.285 e. The molecule has 0 aliphatic carbocycles. The van der Waals surface area contributed by atoms with Crippen LogP contribution in [0.2, 0.25) is 0 Å². The third kappa shape index (κ3) is 4.31. The Morgan fingerprint density at radius 2 is 1.91 bits per heavy atom. The summed E-state index contributed by atoms with van der Waals surface area (Å²) in [7, 11) is 0. The SMILES string of the molecule is C=CC(C)=NCC(=C)C(=C)C. The predicted octanol–water partition coefficient (Wildman–Crippen LogP) is 2.77. The van der Waals surface area contributed by atoms with Crippen molar-refractivity contribution in [1.82, 2.24) is 0 Å². The Hall–Kier alpha value is -1.11. The highest BCUT2D eigenvalue weighted by molar-refractivity contribution is 5.92. The minimum Gasteiger partial charge on any atom is -0.285 e. The van der Waals surface area contributed by atoms with Gasteiger partial charge in [0, 0.05) is 5.71 Å². The quantitative estimate of drug-likeness (QED) is 0.430. The van der Waals surface area contributed by atoms with Crippen LogP contribution in [0.15, 0.2) is 42.0 Å². The molecule has 1 nitrogen and oxygen atoms in total. The Kier molecular flexibility index (Phi) is 4.20. The topological polar surface area (TPSA) is 12.4 Å². The summed E-state index contributed by atoms with van der Waals surface area (Å²) >= 11 is 0. The van der Waals surface area contributed by atoms with Crippen molar-refractivity contribution in [2.24, 2.45) is 4.99 Å². The lowest BCUT2D eigenvalue weighted by Gasteiger charge is -1.99. The van der Waals surface area contributed by atoms with Crippen LogP contribution in [0, 0.1) is 0 Å². The van der Waals surface area contributed by atoms with E-state index in [4.69, 9.17) is 0 Å². The predicted molar refractivity (Wildman–Crippen MR) is 52.1 cm³/mol. The van der Waals surface area contributed by atoms with E-state index < -0.39 is 0 Å². The van der Waals surface area contributed by atoms with Crippen molar-refractivity contribution < 1.29 is 0 Å². The molecule has 0 rings (SSSR count).